The fourth-order valence-electron chi connectivity index (χ4n) is 1.66. The van der Waals surface area contributed by atoms with Gasteiger partial charge in [-0.15, -0.1) is 11.3 Å². The van der Waals surface area contributed by atoms with E-state index < -0.39 is 0 Å². The van der Waals surface area contributed by atoms with Gasteiger partial charge in [0.15, 0.2) is 5.13 Å². The predicted molar refractivity (Wildman–Crippen MR) is 62.2 cm³/mol. The second kappa shape index (κ2) is 4.31. The number of amides is 1. The lowest BCUT2D eigenvalue weighted by atomic mass is 10.1. The molecule has 0 spiro atoms. The molecule has 1 aliphatic rings. The Hall–Kier alpha value is -0.900. The first kappa shape index (κ1) is 10.6. The summed E-state index contributed by atoms with van der Waals surface area (Å²) < 4.78 is 0. The summed E-state index contributed by atoms with van der Waals surface area (Å²) in [5.74, 6) is 0.161. The van der Waals surface area contributed by atoms with E-state index in [1.54, 1.807) is 11.3 Å². The van der Waals surface area contributed by atoms with Gasteiger partial charge >= 0.3 is 0 Å². The van der Waals surface area contributed by atoms with Crippen LogP contribution in [-0.2, 0) is 17.6 Å². The molecule has 0 aliphatic heterocycles. The highest BCUT2D eigenvalue weighted by molar-refractivity contribution is 7.15. The molecule has 1 amide bonds. The fraction of sp³-hybridized carbons (Fsp3) is 0.636. The summed E-state index contributed by atoms with van der Waals surface area (Å²) in [6.45, 7) is 3.96. The van der Waals surface area contributed by atoms with Crippen LogP contribution >= 0.6 is 11.3 Å². The number of thiazole rings is 1. The van der Waals surface area contributed by atoms with E-state index in [1.807, 2.05) is 13.8 Å². The monoisotopic (exact) mass is 224 g/mol. The standard InChI is InChI=1S/C11H16N2OS/c1-3-7(2)10(14)13-11-12-8-5-4-6-9(8)15-11/h7H,3-6H2,1-2H3,(H,12,13,14)/t7-/m1/s1. The first-order valence-electron chi connectivity index (χ1n) is 5.50. The van der Waals surface area contributed by atoms with Gasteiger partial charge in [-0.1, -0.05) is 13.8 Å². The number of nitrogens with zero attached hydrogens (tertiary/aromatic N) is 1. The largest absolute Gasteiger partial charge is 0.302 e. The average molecular weight is 224 g/mol. The van der Waals surface area contributed by atoms with Crippen LogP contribution in [0.25, 0.3) is 0 Å². The molecule has 1 aromatic rings. The summed E-state index contributed by atoms with van der Waals surface area (Å²) in [7, 11) is 0. The lowest BCUT2D eigenvalue weighted by Gasteiger charge is -2.06. The molecule has 15 heavy (non-hydrogen) atoms. The van der Waals surface area contributed by atoms with Crippen molar-refractivity contribution < 1.29 is 4.79 Å². The van der Waals surface area contributed by atoms with E-state index in [1.165, 1.54) is 17.0 Å². The minimum atomic E-state index is 0.0729. The first-order valence-corrected chi connectivity index (χ1v) is 6.31. The van der Waals surface area contributed by atoms with E-state index in [2.05, 4.69) is 10.3 Å². The van der Waals surface area contributed by atoms with Crippen LogP contribution in [0.5, 0.6) is 0 Å². The van der Waals surface area contributed by atoms with Gasteiger partial charge in [0.25, 0.3) is 0 Å². The van der Waals surface area contributed by atoms with Crippen molar-refractivity contribution in [1.82, 2.24) is 4.98 Å². The van der Waals surface area contributed by atoms with E-state index >= 15 is 0 Å². The number of carbonyl (C=O) groups excluding carboxylic acids is 1. The van der Waals surface area contributed by atoms with Gasteiger partial charge in [0, 0.05) is 10.8 Å². The molecule has 1 aliphatic carbocycles. The molecule has 2 rings (SSSR count). The Morgan fingerprint density at radius 1 is 1.60 bits per heavy atom. The minimum Gasteiger partial charge on any atom is -0.302 e. The van der Waals surface area contributed by atoms with Crippen molar-refractivity contribution in [2.45, 2.75) is 39.5 Å². The highest BCUT2D eigenvalue weighted by Gasteiger charge is 2.18. The smallest absolute Gasteiger partial charge is 0.228 e. The van der Waals surface area contributed by atoms with Crippen LogP contribution in [0.2, 0.25) is 0 Å². The second-order valence-electron chi connectivity index (χ2n) is 4.04. The van der Waals surface area contributed by atoms with Crippen LogP contribution in [0.4, 0.5) is 5.13 Å². The van der Waals surface area contributed by atoms with Crippen molar-refractivity contribution in [2.75, 3.05) is 5.32 Å². The predicted octanol–water partition coefficient (Wildman–Crippen LogP) is 2.62. The summed E-state index contributed by atoms with van der Waals surface area (Å²) in [6, 6.07) is 0. The van der Waals surface area contributed by atoms with E-state index in [0.29, 0.717) is 0 Å². The third kappa shape index (κ3) is 2.20. The summed E-state index contributed by atoms with van der Waals surface area (Å²) in [6.07, 6.45) is 4.29. The Labute approximate surface area is 93.9 Å². The van der Waals surface area contributed by atoms with E-state index in [9.17, 15) is 4.79 Å². The number of rotatable bonds is 3. The van der Waals surface area contributed by atoms with Gasteiger partial charge in [0.2, 0.25) is 5.91 Å². The molecule has 0 aromatic carbocycles. The van der Waals surface area contributed by atoms with Gasteiger partial charge in [-0.05, 0) is 25.7 Å². The second-order valence-corrected chi connectivity index (χ2v) is 5.12. The lowest BCUT2D eigenvalue weighted by Crippen LogP contribution is -2.19. The summed E-state index contributed by atoms with van der Waals surface area (Å²) >= 11 is 1.64. The molecular weight excluding hydrogens is 208 g/mol. The van der Waals surface area contributed by atoms with E-state index in [-0.39, 0.29) is 11.8 Å². The molecule has 1 N–H and O–H groups in total. The van der Waals surface area contributed by atoms with Gasteiger partial charge in [-0.2, -0.15) is 0 Å². The molecule has 4 heteroatoms. The zero-order chi connectivity index (χ0) is 10.8. The van der Waals surface area contributed by atoms with Crippen LogP contribution in [0.3, 0.4) is 0 Å². The maximum atomic E-state index is 11.6. The zero-order valence-corrected chi connectivity index (χ0v) is 9.99. The third-order valence-electron chi connectivity index (χ3n) is 2.89. The molecular formula is C11H16N2OS. The maximum Gasteiger partial charge on any atom is 0.228 e. The van der Waals surface area contributed by atoms with Gasteiger partial charge in [-0.25, -0.2) is 4.98 Å². The Balaban J connectivity index is 2.02. The Morgan fingerprint density at radius 2 is 2.40 bits per heavy atom. The number of hydrogen-bond acceptors (Lipinski definition) is 3. The van der Waals surface area contributed by atoms with Crippen LogP contribution in [0.1, 0.15) is 37.3 Å². The van der Waals surface area contributed by atoms with Crippen molar-refractivity contribution in [3.63, 3.8) is 0 Å². The van der Waals surface area contributed by atoms with Crippen molar-refractivity contribution in [2.24, 2.45) is 5.92 Å². The number of carbonyl (C=O) groups is 1. The van der Waals surface area contributed by atoms with Crippen LogP contribution in [0.15, 0.2) is 0 Å². The minimum absolute atomic E-state index is 0.0729. The molecule has 0 saturated heterocycles. The Kier molecular flexibility index (Phi) is 3.05. The van der Waals surface area contributed by atoms with Gasteiger partial charge in [0.1, 0.15) is 0 Å². The molecule has 1 atom stereocenters. The van der Waals surface area contributed by atoms with Crippen molar-refractivity contribution in [1.29, 1.82) is 0 Å². The Morgan fingerprint density at radius 3 is 3.07 bits per heavy atom. The SMILES string of the molecule is CC[C@@H](C)C(=O)Nc1nc2c(s1)CCC2. The molecule has 1 aromatic heterocycles. The van der Waals surface area contributed by atoms with Crippen LogP contribution in [-0.4, -0.2) is 10.9 Å². The highest BCUT2D eigenvalue weighted by atomic mass is 32.1. The first-order chi connectivity index (χ1) is 7.20. The van der Waals surface area contributed by atoms with Crippen molar-refractivity contribution in [3.8, 4) is 0 Å². The number of anilines is 1. The normalized spacial score (nSPS) is 16.1. The molecule has 0 saturated carbocycles. The van der Waals surface area contributed by atoms with Gasteiger partial charge < -0.3 is 5.32 Å². The number of nitrogens with one attached hydrogen (secondary N) is 1. The molecule has 0 fully saturated rings. The van der Waals surface area contributed by atoms with Gasteiger partial charge in [0.05, 0.1) is 5.69 Å². The number of aromatic nitrogens is 1. The number of hydrogen-bond donors (Lipinski definition) is 1. The lowest BCUT2D eigenvalue weighted by molar-refractivity contribution is -0.119. The summed E-state index contributed by atoms with van der Waals surface area (Å²) in [4.78, 5) is 17.4. The quantitative estimate of drug-likeness (QED) is 0.857. The highest BCUT2D eigenvalue weighted by Crippen LogP contribution is 2.30. The maximum absolute atomic E-state index is 11.6. The molecule has 3 nitrogen and oxygen atoms in total. The number of fused-ring (bicyclic) bond motifs is 1. The van der Waals surface area contributed by atoms with Crippen molar-refractivity contribution in [3.05, 3.63) is 10.6 Å². The van der Waals surface area contributed by atoms with E-state index in [4.69, 9.17) is 0 Å². The van der Waals surface area contributed by atoms with Crippen LogP contribution < -0.4 is 5.32 Å². The molecule has 0 radical (unpaired) electrons. The molecule has 82 valence electrons. The topological polar surface area (TPSA) is 42.0 Å². The zero-order valence-electron chi connectivity index (χ0n) is 9.17. The van der Waals surface area contributed by atoms with Crippen LogP contribution in [0, 0.1) is 5.92 Å². The average Bonchev–Trinajstić information content (AvgIpc) is 2.76. The summed E-state index contributed by atoms with van der Waals surface area (Å²) in [5.41, 5.74) is 1.19. The number of aryl methyl sites for hydroxylation is 2. The van der Waals surface area contributed by atoms with E-state index in [0.717, 1.165) is 24.4 Å². The molecule has 0 bridgehead atoms. The summed E-state index contributed by atoms with van der Waals surface area (Å²) in [5, 5.41) is 3.67. The molecule has 0 unspecified atom stereocenters. The third-order valence-corrected chi connectivity index (χ3v) is 3.96. The van der Waals surface area contributed by atoms with Gasteiger partial charge in [-0.3, -0.25) is 4.79 Å². The molecule has 1 heterocycles. The fourth-order valence-corrected chi connectivity index (χ4v) is 2.71. The Bertz CT molecular complexity index is 351. The van der Waals surface area contributed by atoms with Crippen molar-refractivity contribution >= 4 is 22.4 Å².